The van der Waals surface area contributed by atoms with Gasteiger partial charge in [-0.3, -0.25) is 4.79 Å². The molecule has 0 unspecified atom stereocenters. The van der Waals surface area contributed by atoms with E-state index in [0.29, 0.717) is 6.04 Å². The van der Waals surface area contributed by atoms with Crippen molar-refractivity contribution < 1.29 is 14.8 Å². The first kappa shape index (κ1) is 21.4. The summed E-state index contributed by atoms with van der Waals surface area (Å²) in [6.45, 7) is 2.81. The van der Waals surface area contributed by atoms with Gasteiger partial charge in [-0.25, -0.2) is 0 Å². The van der Waals surface area contributed by atoms with Gasteiger partial charge in [-0.1, -0.05) is 49.6 Å². The Balaban J connectivity index is 1.51. The molecule has 0 bridgehead atoms. The second-order valence-electron chi connectivity index (χ2n) is 8.72. The predicted molar refractivity (Wildman–Crippen MR) is 124 cm³/mol. The van der Waals surface area contributed by atoms with E-state index in [1.165, 1.54) is 35.8 Å². The van der Waals surface area contributed by atoms with Crippen molar-refractivity contribution in [2.45, 2.75) is 57.0 Å². The number of aromatic amines is 1. The van der Waals surface area contributed by atoms with Crippen molar-refractivity contribution in [1.29, 1.82) is 0 Å². The molecule has 3 aromatic rings. The highest BCUT2D eigenvalue weighted by molar-refractivity contribution is 5.84. The van der Waals surface area contributed by atoms with Gasteiger partial charge in [-0.15, -0.1) is 0 Å². The van der Waals surface area contributed by atoms with Gasteiger partial charge in [0.2, 0.25) is 0 Å². The fourth-order valence-electron chi connectivity index (χ4n) is 4.69. The van der Waals surface area contributed by atoms with Crippen LogP contribution >= 0.6 is 0 Å². The topological polar surface area (TPSA) is 70.7 Å². The van der Waals surface area contributed by atoms with Crippen LogP contribution in [0.4, 0.5) is 0 Å². The minimum Gasteiger partial charge on any atom is -0.497 e. The Morgan fingerprint density at radius 2 is 1.87 bits per heavy atom. The van der Waals surface area contributed by atoms with Crippen molar-refractivity contribution >= 4 is 16.8 Å². The summed E-state index contributed by atoms with van der Waals surface area (Å²) in [6.07, 6.45) is 8.08. The number of para-hydroxylation sites is 1. The van der Waals surface area contributed by atoms with Gasteiger partial charge in [0, 0.05) is 23.1 Å². The minimum absolute atomic E-state index is 0.118. The number of carbonyl (C=O) groups is 1. The zero-order valence-electron chi connectivity index (χ0n) is 18.6. The molecule has 1 aliphatic rings. The number of methoxy groups -OCH3 is 1. The largest absolute Gasteiger partial charge is 0.497 e. The zero-order valence-corrected chi connectivity index (χ0v) is 18.6. The first-order valence-corrected chi connectivity index (χ1v) is 11.5. The van der Waals surface area contributed by atoms with E-state index >= 15 is 0 Å². The molecule has 2 aromatic carbocycles. The molecule has 5 heteroatoms. The number of H-pyrrole nitrogens is 1. The van der Waals surface area contributed by atoms with E-state index in [1.807, 2.05) is 19.1 Å². The number of hydrogen-bond donors (Lipinski definition) is 3. The predicted octanol–water partition coefficient (Wildman–Crippen LogP) is 3.71. The van der Waals surface area contributed by atoms with Crippen LogP contribution in [0.15, 0.2) is 54.7 Å². The van der Waals surface area contributed by atoms with Crippen LogP contribution < -0.4 is 15.4 Å². The summed E-state index contributed by atoms with van der Waals surface area (Å²) in [4.78, 5) is 16.2. The molecule has 0 aliphatic heterocycles. The third-order valence-corrected chi connectivity index (χ3v) is 6.61. The third-order valence-electron chi connectivity index (χ3n) is 6.61. The van der Waals surface area contributed by atoms with E-state index in [1.54, 1.807) is 7.11 Å². The molecule has 0 saturated heterocycles. The highest BCUT2D eigenvalue weighted by Crippen LogP contribution is 2.30. The molecule has 1 heterocycles. The van der Waals surface area contributed by atoms with Crippen LogP contribution in [0.2, 0.25) is 0 Å². The highest BCUT2D eigenvalue weighted by atomic mass is 16.5. The molecular weight excluding hydrogens is 386 g/mol. The van der Waals surface area contributed by atoms with Gasteiger partial charge in [0.05, 0.1) is 19.6 Å². The lowest BCUT2D eigenvalue weighted by Gasteiger charge is -2.24. The lowest BCUT2D eigenvalue weighted by Crippen LogP contribution is -2.92. The number of rotatable bonds is 8. The van der Waals surface area contributed by atoms with Crippen LogP contribution in [-0.4, -0.2) is 36.6 Å². The summed E-state index contributed by atoms with van der Waals surface area (Å²) in [6, 6.07) is 16.9. The molecule has 1 aliphatic carbocycles. The van der Waals surface area contributed by atoms with Gasteiger partial charge in [0.25, 0.3) is 5.91 Å². The number of amides is 1. The summed E-state index contributed by atoms with van der Waals surface area (Å²) in [5.41, 5.74) is 3.62. The third kappa shape index (κ3) is 5.10. The van der Waals surface area contributed by atoms with Gasteiger partial charge in [0.15, 0.2) is 6.04 Å². The summed E-state index contributed by atoms with van der Waals surface area (Å²) >= 11 is 0. The number of benzene rings is 2. The zero-order chi connectivity index (χ0) is 21.6. The monoisotopic (exact) mass is 420 g/mol. The summed E-state index contributed by atoms with van der Waals surface area (Å²) < 4.78 is 5.34. The second kappa shape index (κ2) is 10.0. The van der Waals surface area contributed by atoms with Gasteiger partial charge < -0.3 is 20.4 Å². The molecule has 1 amide bonds. The van der Waals surface area contributed by atoms with Crippen LogP contribution in [0.5, 0.6) is 5.75 Å². The Morgan fingerprint density at radius 3 is 2.61 bits per heavy atom. The van der Waals surface area contributed by atoms with Gasteiger partial charge in [-0.05, 0) is 49.1 Å². The summed E-state index contributed by atoms with van der Waals surface area (Å²) in [5, 5.41) is 6.68. The fourth-order valence-corrected chi connectivity index (χ4v) is 4.69. The number of aromatic nitrogens is 1. The molecule has 1 fully saturated rings. The molecule has 0 radical (unpaired) electrons. The molecule has 31 heavy (non-hydrogen) atoms. The van der Waals surface area contributed by atoms with E-state index in [2.05, 4.69) is 58.2 Å². The molecule has 0 spiro atoms. The van der Waals surface area contributed by atoms with Crippen molar-refractivity contribution in [3.05, 3.63) is 65.9 Å². The van der Waals surface area contributed by atoms with Crippen molar-refractivity contribution in [2.75, 3.05) is 13.7 Å². The van der Waals surface area contributed by atoms with Crippen LogP contribution in [0.3, 0.4) is 0 Å². The normalized spacial score (nSPS) is 16.7. The lowest BCUT2D eigenvalue weighted by atomic mass is 9.90. The van der Waals surface area contributed by atoms with Crippen LogP contribution in [-0.2, 0) is 4.79 Å². The molecule has 1 saturated carbocycles. The Morgan fingerprint density at radius 1 is 1.13 bits per heavy atom. The smallest absolute Gasteiger partial charge is 0.278 e. The highest BCUT2D eigenvalue weighted by Gasteiger charge is 2.25. The van der Waals surface area contributed by atoms with Crippen molar-refractivity contribution in [3.63, 3.8) is 0 Å². The number of hydrogen-bond acceptors (Lipinski definition) is 2. The Labute approximate surface area is 184 Å². The maximum Gasteiger partial charge on any atom is 0.278 e. The number of quaternary nitrogens is 1. The first-order chi connectivity index (χ1) is 15.2. The second-order valence-corrected chi connectivity index (χ2v) is 8.72. The van der Waals surface area contributed by atoms with Gasteiger partial charge in [-0.2, -0.15) is 0 Å². The van der Waals surface area contributed by atoms with Gasteiger partial charge in [0.1, 0.15) is 5.75 Å². The number of nitrogens with two attached hydrogens (primary N) is 1. The van der Waals surface area contributed by atoms with E-state index < -0.39 is 0 Å². The molecule has 5 nitrogen and oxygen atoms in total. The van der Waals surface area contributed by atoms with Crippen LogP contribution in [0.1, 0.15) is 56.1 Å². The van der Waals surface area contributed by atoms with E-state index in [-0.39, 0.29) is 17.9 Å². The molecule has 4 rings (SSSR count). The molecular formula is C26H34N3O2+. The maximum atomic E-state index is 12.8. The lowest BCUT2D eigenvalue weighted by molar-refractivity contribution is -0.674. The van der Waals surface area contributed by atoms with Crippen molar-refractivity contribution in [1.82, 2.24) is 10.3 Å². The van der Waals surface area contributed by atoms with E-state index in [9.17, 15) is 4.79 Å². The van der Waals surface area contributed by atoms with E-state index in [4.69, 9.17) is 4.74 Å². The van der Waals surface area contributed by atoms with Crippen LogP contribution in [0, 0.1) is 0 Å². The fraction of sp³-hybridized carbons (Fsp3) is 0.423. The van der Waals surface area contributed by atoms with Crippen molar-refractivity contribution in [2.24, 2.45) is 0 Å². The standard InChI is InChI=1S/C26H33N3O2/c1-18(26(30)29-20-8-4-3-5-9-20)27-16-23(19-12-14-21(31-2)15-13-19)24-17-28-25-11-7-6-10-22(24)25/h6-7,10-15,17-18,20,23,27-28H,3-5,8-9,16H2,1-2H3,(H,29,30)/p+1/t18-,23+/m1/s1. The Bertz CT molecular complexity index is 989. The average Bonchev–Trinajstić information content (AvgIpc) is 3.24. The van der Waals surface area contributed by atoms with Crippen LogP contribution in [0.25, 0.3) is 10.9 Å². The maximum absolute atomic E-state index is 12.8. The molecule has 2 atom stereocenters. The van der Waals surface area contributed by atoms with Gasteiger partial charge >= 0.3 is 0 Å². The Hall–Kier alpha value is -2.79. The van der Waals surface area contributed by atoms with Crippen molar-refractivity contribution in [3.8, 4) is 5.75 Å². The molecule has 1 aromatic heterocycles. The first-order valence-electron chi connectivity index (χ1n) is 11.5. The molecule has 4 N–H and O–H groups in total. The number of ether oxygens (including phenoxy) is 1. The Kier molecular flexibility index (Phi) is 6.92. The summed E-state index contributed by atoms with van der Waals surface area (Å²) in [5.74, 6) is 1.18. The number of fused-ring (bicyclic) bond motifs is 1. The van der Waals surface area contributed by atoms with E-state index in [0.717, 1.165) is 30.7 Å². The average molecular weight is 421 g/mol. The SMILES string of the molecule is COc1ccc([C@H](C[NH2+][C@H](C)C(=O)NC2CCCCC2)c2c[nH]c3ccccc23)cc1. The minimum atomic E-state index is -0.118. The number of nitrogens with one attached hydrogen (secondary N) is 2. The molecule has 164 valence electrons. The number of carbonyl (C=O) groups excluding carboxylic acids is 1. The quantitative estimate of drug-likeness (QED) is 0.520. The summed E-state index contributed by atoms with van der Waals surface area (Å²) in [7, 11) is 1.69.